The van der Waals surface area contributed by atoms with Crippen LogP contribution in [-0.2, 0) is 0 Å². The Morgan fingerprint density at radius 3 is 2.81 bits per heavy atom. The van der Waals surface area contributed by atoms with Crippen LogP contribution in [0, 0.1) is 11.3 Å². The van der Waals surface area contributed by atoms with Crippen LogP contribution in [0.25, 0.3) is 16.9 Å². The predicted octanol–water partition coefficient (Wildman–Crippen LogP) is 3.92. The summed E-state index contributed by atoms with van der Waals surface area (Å²) in [6, 6.07) is 8.48. The summed E-state index contributed by atoms with van der Waals surface area (Å²) in [5.41, 5.74) is 4.78. The van der Waals surface area contributed by atoms with E-state index in [1.165, 1.54) is 37.7 Å². The molecule has 1 atom stereocenters. The number of pyridine rings is 1. The third-order valence-corrected chi connectivity index (χ3v) is 5.81. The number of anilines is 1. The highest BCUT2D eigenvalue weighted by Crippen LogP contribution is 2.46. The molecule has 0 bridgehead atoms. The van der Waals surface area contributed by atoms with Crippen molar-refractivity contribution in [2.45, 2.75) is 51.0 Å². The molecule has 2 fully saturated rings. The fourth-order valence-electron chi connectivity index (χ4n) is 4.21. The van der Waals surface area contributed by atoms with Crippen molar-refractivity contribution in [3.63, 3.8) is 0 Å². The second-order valence-corrected chi connectivity index (χ2v) is 7.68. The molecule has 1 unspecified atom stereocenters. The van der Waals surface area contributed by atoms with Crippen molar-refractivity contribution in [3.05, 3.63) is 41.9 Å². The first-order valence-electron chi connectivity index (χ1n) is 9.76. The Balaban J connectivity index is 1.72. The fraction of sp³-hybridized carbons (Fsp3) is 0.429. The molecule has 4 heterocycles. The Bertz CT molecular complexity index is 1040. The minimum Gasteiger partial charge on any atom is -0.352 e. The maximum absolute atomic E-state index is 9.25. The summed E-state index contributed by atoms with van der Waals surface area (Å²) in [6.45, 7) is 3.33. The largest absolute Gasteiger partial charge is 0.352 e. The quantitative estimate of drug-likeness (QED) is 0.710. The van der Waals surface area contributed by atoms with E-state index in [0.29, 0.717) is 17.5 Å². The monoisotopic (exact) mass is 358 g/mol. The first-order valence-corrected chi connectivity index (χ1v) is 9.76. The van der Waals surface area contributed by atoms with Crippen molar-refractivity contribution in [2.24, 2.45) is 0 Å². The molecule has 6 nitrogen and oxygen atoms in total. The highest BCUT2D eigenvalue weighted by atomic mass is 15.3. The maximum atomic E-state index is 9.25. The van der Waals surface area contributed by atoms with Gasteiger partial charge in [-0.25, -0.2) is 9.50 Å². The molecule has 136 valence electrons. The van der Waals surface area contributed by atoms with Gasteiger partial charge in [0, 0.05) is 18.8 Å². The van der Waals surface area contributed by atoms with Crippen LogP contribution in [0.4, 0.5) is 5.82 Å². The van der Waals surface area contributed by atoms with E-state index in [-0.39, 0.29) is 0 Å². The fourth-order valence-corrected chi connectivity index (χ4v) is 4.21. The highest BCUT2D eigenvalue weighted by Gasteiger charge is 2.32. The molecule has 0 amide bonds. The summed E-state index contributed by atoms with van der Waals surface area (Å²) in [6.07, 6.45) is 9.47. The van der Waals surface area contributed by atoms with Gasteiger partial charge in [0.15, 0.2) is 5.82 Å². The molecule has 1 saturated carbocycles. The topological polar surface area (TPSA) is 70.1 Å². The molecule has 5 rings (SSSR count). The lowest BCUT2D eigenvalue weighted by molar-refractivity contribution is 0.481. The minimum atomic E-state index is 0.489. The lowest BCUT2D eigenvalue weighted by Gasteiger charge is -2.34. The molecule has 3 aromatic heterocycles. The molecule has 3 aromatic rings. The summed E-state index contributed by atoms with van der Waals surface area (Å²) in [5, 5.41) is 13.8. The first-order chi connectivity index (χ1) is 13.3. The second kappa shape index (κ2) is 6.34. The lowest BCUT2D eigenvalue weighted by atomic mass is 10.0. The number of nitrogens with zero attached hydrogens (tertiary/aromatic N) is 6. The predicted molar refractivity (Wildman–Crippen MR) is 104 cm³/mol. The maximum Gasteiger partial charge on any atom is 0.157 e. The molecule has 6 heteroatoms. The highest BCUT2D eigenvalue weighted by molar-refractivity contribution is 5.80. The van der Waals surface area contributed by atoms with Crippen molar-refractivity contribution in [2.75, 3.05) is 11.4 Å². The molecular weight excluding hydrogens is 336 g/mol. The summed E-state index contributed by atoms with van der Waals surface area (Å²) in [5.74, 6) is 1.62. The van der Waals surface area contributed by atoms with Gasteiger partial charge in [0.05, 0.1) is 23.0 Å². The van der Waals surface area contributed by atoms with Crippen molar-refractivity contribution in [1.82, 2.24) is 19.6 Å². The van der Waals surface area contributed by atoms with Crippen LogP contribution in [0.15, 0.2) is 30.7 Å². The van der Waals surface area contributed by atoms with Crippen molar-refractivity contribution in [3.8, 4) is 17.5 Å². The minimum absolute atomic E-state index is 0.489. The Morgan fingerprint density at radius 1 is 1.15 bits per heavy atom. The standard InChI is InChI=1S/C21H22N6/c1-14-4-2-3-9-26(14)21-20-17(16-5-6-16)11-19(27(20)25-13-24-21)18-10-15(12-22)7-8-23-18/h7-8,10-11,13-14,16H,2-6,9H2,1H3. The molecule has 27 heavy (non-hydrogen) atoms. The molecule has 0 spiro atoms. The molecule has 1 saturated heterocycles. The van der Waals surface area contributed by atoms with Crippen LogP contribution >= 0.6 is 0 Å². The van der Waals surface area contributed by atoms with Crippen molar-refractivity contribution >= 4 is 11.3 Å². The van der Waals surface area contributed by atoms with E-state index in [1.807, 2.05) is 10.6 Å². The van der Waals surface area contributed by atoms with Crippen molar-refractivity contribution in [1.29, 1.82) is 5.26 Å². The van der Waals surface area contributed by atoms with Gasteiger partial charge >= 0.3 is 0 Å². The normalized spacial score (nSPS) is 20.0. The third kappa shape index (κ3) is 2.74. The van der Waals surface area contributed by atoms with E-state index >= 15 is 0 Å². The summed E-state index contributed by atoms with van der Waals surface area (Å²) in [4.78, 5) is 11.7. The van der Waals surface area contributed by atoms with E-state index < -0.39 is 0 Å². The Labute approximate surface area is 158 Å². The molecule has 1 aliphatic carbocycles. The Morgan fingerprint density at radius 2 is 2.04 bits per heavy atom. The van der Waals surface area contributed by atoms with Gasteiger partial charge < -0.3 is 4.90 Å². The van der Waals surface area contributed by atoms with Crippen LogP contribution in [0.5, 0.6) is 0 Å². The van der Waals surface area contributed by atoms with Crippen LogP contribution in [0.2, 0.25) is 0 Å². The van der Waals surface area contributed by atoms with E-state index in [2.05, 4.69) is 34.0 Å². The van der Waals surface area contributed by atoms with Gasteiger partial charge in [-0.15, -0.1) is 0 Å². The molecule has 0 aromatic carbocycles. The summed E-state index contributed by atoms with van der Waals surface area (Å²) < 4.78 is 1.99. The van der Waals surface area contributed by atoms with E-state index in [4.69, 9.17) is 4.98 Å². The van der Waals surface area contributed by atoms with E-state index in [9.17, 15) is 5.26 Å². The van der Waals surface area contributed by atoms with E-state index in [1.54, 1.807) is 18.6 Å². The smallest absolute Gasteiger partial charge is 0.157 e. The number of nitriles is 1. The zero-order chi connectivity index (χ0) is 18.4. The lowest BCUT2D eigenvalue weighted by Crippen LogP contribution is -2.38. The van der Waals surface area contributed by atoms with Crippen LogP contribution in [-0.4, -0.2) is 32.2 Å². The van der Waals surface area contributed by atoms with Gasteiger partial charge in [-0.2, -0.15) is 10.4 Å². The van der Waals surface area contributed by atoms with E-state index in [0.717, 1.165) is 29.3 Å². The van der Waals surface area contributed by atoms with Gasteiger partial charge in [-0.3, -0.25) is 4.98 Å². The summed E-state index contributed by atoms with van der Waals surface area (Å²) >= 11 is 0. The number of fused-ring (bicyclic) bond motifs is 1. The third-order valence-electron chi connectivity index (χ3n) is 5.81. The summed E-state index contributed by atoms with van der Waals surface area (Å²) in [7, 11) is 0. The molecular formula is C21H22N6. The second-order valence-electron chi connectivity index (χ2n) is 7.68. The molecule has 1 aliphatic heterocycles. The van der Waals surface area contributed by atoms with Gasteiger partial charge in [0.25, 0.3) is 0 Å². The van der Waals surface area contributed by atoms with Crippen molar-refractivity contribution < 1.29 is 0 Å². The van der Waals surface area contributed by atoms with Gasteiger partial charge in [0.2, 0.25) is 0 Å². The van der Waals surface area contributed by atoms with Gasteiger partial charge in [-0.1, -0.05) is 0 Å². The van der Waals surface area contributed by atoms with Gasteiger partial charge in [0.1, 0.15) is 11.8 Å². The SMILES string of the molecule is CC1CCCCN1c1ncnn2c(-c3cc(C#N)ccn3)cc(C3CC3)c12. The van der Waals surface area contributed by atoms with Crippen LogP contribution in [0.1, 0.15) is 56.1 Å². The number of rotatable bonds is 3. The average molecular weight is 358 g/mol. The molecule has 2 aliphatic rings. The number of hydrogen-bond donors (Lipinski definition) is 0. The number of hydrogen-bond acceptors (Lipinski definition) is 5. The number of aromatic nitrogens is 4. The Kier molecular flexibility index (Phi) is 3.82. The average Bonchev–Trinajstić information content (AvgIpc) is 3.48. The number of piperidine rings is 1. The van der Waals surface area contributed by atoms with Crippen LogP contribution in [0.3, 0.4) is 0 Å². The Hall–Kier alpha value is -2.94. The van der Waals surface area contributed by atoms with Crippen LogP contribution < -0.4 is 4.90 Å². The first kappa shape index (κ1) is 16.2. The molecule has 0 N–H and O–H groups in total. The van der Waals surface area contributed by atoms with Gasteiger partial charge in [-0.05, 0) is 68.7 Å². The zero-order valence-electron chi connectivity index (χ0n) is 15.5. The zero-order valence-corrected chi connectivity index (χ0v) is 15.5. The molecule has 0 radical (unpaired) electrons.